The lowest BCUT2D eigenvalue weighted by molar-refractivity contribution is -0.137. The zero-order valence-electron chi connectivity index (χ0n) is 21.9. The number of rotatable bonds is 28. The Bertz CT molecular complexity index is 388. The summed E-state index contributed by atoms with van der Waals surface area (Å²) in [7, 11) is 0. The maximum Gasteiger partial charge on any atom is 0.303 e. The molecule has 0 aliphatic heterocycles. The van der Waals surface area contributed by atoms with Crippen molar-refractivity contribution in [2.24, 2.45) is 0 Å². The van der Waals surface area contributed by atoms with E-state index in [0.29, 0.717) is 13.2 Å². The minimum absolute atomic E-state index is 0.00787. The van der Waals surface area contributed by atoms with E-state index in [4.69, 9.17) is 14.6 Å². The highest BCUT2D eigenvalue weighted by atomic mass is 16.5. The molecular weight excluding hydrogens is 416 g/mol. The molecule has 0 radical (unpaired) electrons. The summed E-state index contributed by atoms with van der Waals surface area (Å²) in [5, 5.41) is 18.0. The number of carbonyl (C=O) groups is 1. The van der Waals surface area contributed by atoms with Crippen LogP contribution in [0.5, 0.6) is 0 Å². The number of hydrogen-bond donors (Lipinski definition) is 2. The monoisotopic (exact) mass is 472 g/mol. The van der Waals surface area contributed by atoms with E-state index in [-0.39, 0.29) is 19.1 Å². The second-order valence-electron chi connectivity index (χ2n) is 9.61. The van der Waals surface area contributed by atoms with Crippen molar-refractivity contribution in [1.29, 1.82) is 0 Å². The molecule has 0 bridgehead atoms. The second kappa shape index (κ2) is 27.6. The van der Waals surface area contributed by atoms with Gasteiger partial charge in [0.15, 0.2) is 0 Å². The topological polar surface area (TPSA) is 76.0 Å². The Morgan fingerprint density at radius 2 is 1.06 bits per heavy atom. The lowest BCUT2D eigenvalue weighted by Gasteiger charge is -2.15. The molecule has 0 spiro atoms. The molecule has 0 aromatic rings. The Balaban J connectivity index is 3.27. The largest absolute Gasteiger partial charge is 0.481 e. The zero-order valence-corrected chi connectivity index (χ0v) is 21.9. The molecule has 5 nitrogen and oxygen atoms in total. The third kappa shape index (κ3) is 27.5. The smallest absolute Gasteiger partial charge is 0.303 e. The highest BCUT2D eigenvalue weighted by Gasteiger charge is 2.07. The van der Waals surface area contributed by atoms with Crippen LogP contribution in [0, 0.1) is 0 Å². The van der Waals surface area contributed by atoms with Gasteiger partial charge in [0.25, 0.3) is 0 Å². The van der Waals surface area contributed by atoms with Gasteiger partial charge in [0, 0.05) is 19.6 Å². The van der Waals surface area contributed by atoms with Crippen LogP contribution in [0.3, 0.4) is 0 Å². The van der Waals surface area contributed by atoms with Crippen LogP contribution in [0.4, 0.5) is 0 Å². The average molecular weight is 473 g/mol. The Kier molecular flexibility index (Phi) is 27.0. The molecule has 0 saturated heterocycles. The van der Waals surface area contributed by atoms with Crippen LogP contribution in [-0.2, 0) is 14.3 Å². The van der Waals surface area contributed by atoms with Crippen molar-refractivity contribution in [2.45, 2.75) is 148 Å². The molecule has 1 atom stereocenters. The molecule has 0 amide bonds. The van der Waals surface area contributed by atoms with Crippen molar-refractivity contribution in [3.63, 3.8) is 0 Å². The van der Waals surface area contributed by atoms with Crippen LogP contribution in [0.25, 0.3) is 0 Å². The summed E-state index contributed by atoms with van der Waals surface area (Å²) in [5.74, 6) is -0.704. The van der Waals surface area contributed by atoms with Crippen molar-refractivity contribution >= 4 is 5.97 Å². The molecule has 0 aliphatic rings. The molecule has 198 valence electrons. The summed E-state index contributed by atoms with van der Waals surface area (Å²) in [6.07, 6.45) is 25.1. The molecule has 0 rings (SSSR count). The molecule has 0 aromatic heterocycles. The van der Waals surface area contributed by atoms with Gasteiger partial charge in [-0.05, 0) is 19.3 Å². The van der Waals surface area contributed by atoms with Gasteiger partial charge in [-0.2, -0.15) is 0 Å². The molecule has 0 heterocycles. The zero-order chi connectivity index (χ0) is 24.2. The predicted molar refractivity (Wildman–Crippen MR) is 138 cm³/mol. The maximum absolute atomic E-state index is 10.4. The number of aliphatic hydroxyl groups excluding tert-OH is 1. The molecule has 2 N–H and O–H groups in total. The van der Waals surface area contributed by atoms with Crippen LogP contribution in [0.2, 0.25) is 0 Å². The van der Waals surface area contributed by atoms with Gasteiger partial charge >= 0.3 is 5.97 Å². The number of unbranched alkanes of at least 4 members (excludes halogenated alkanes) is 18. The van der Waals surface area contributed by atoms with E-state index in [2.05, 4.69) is 6.92 Å². The molecule has 0 saturated carbocycles. The average Bonchev–Trinajstić information content (AvgIpc) is 2.81. The molecule has 0 unspecified atom stereocenters. The van der Waals surface area contributed by atoms with Gasteiger partial charge in [-0.1, -0.05) is 116 Å². The fourth-order valence-electron chi connectivity index (χ4n) is 4.10. The minimum atomic E-state index is -0.704. The van der Waals surface area contributed by atoms with Crippen LogP contribution in [-0.4, -0.2) is 48.7 Å². The molecule has 0 aromatic carbocycles. The van der Waals surface area contributed by atoms with Gasteiger partial charge in [-0.15, -0.1) is 0 Å². The van der Waals surface area contributed by atoms with Gasteiger partial charge in [0.2, 0.25) is 0 Å². The van der Waals surface area contributed by atoms with Gasteiger partial charge in [-0.3, -0.25) is 4.79 Å². The highest BCUT2D eigenvalue weighted by molar-refractivity contribution is 5.66. The molecule has 0 aliphatic carbocycles. The Morgan fingerprint density at radius 3 is 1.52 bits per heavy atom. The summed E-state index contributed by atoms with van der Waals surface area (Å²) >= 11 is 0. The summed E-state index contributed by atoms with van der Waals surface area (Å²) in [6.45, 7) is 4.17. The quantitative estimate of drug-likeness (QED) is 0.114. The normalized spacial score (nSPS) is 12.3. The van der Waals surface area contributed by atoms with Crippen LogP contribution in [0.15, 0.2) is 0 Å². The van der Waals surface area contributed by atoms with E-state index in [1.54, 1.807) is 0 Å². The van der Waals surface area contributed by atoms with E-state index in [0.717, 1.165) is 51.6 Å². The Labute approximate surface area is 205 Å². The second-order valence-corrected chi connectivity index (χ2v) is 9.61. The van der Waals surface area contributed by atoms with E-state index < -0.39 is 5.97 Å². The third-order valence-corrected chi connectivity index (χ3v) is 6.29. The highest BCUT2D eigenvalue weighted by Crippen LogP contribution is 2.13. The van der Waals surface area contributed by atoms with Crippen molar-refractivity contribution in [3.05, 3.63) is 0 Å². The first kappa shape index (κ1) is 32.4. The van der Waals surface area contributed by atoms with E-state index >= 15 is 0 Å². The fourth-order valence-corrected chi connectivity index (χ4v) is 4.10. The summed E-state index contributed by atoms with van der Waals surface area (Å²) in [5.41, 5.74) is 0. The van der Waals surface area contributed by atoms with E-state index in [1.807, 2.05) is 0 Å². The Morgan fingerprint density at radius 1 is 0.636 bits per heavy atom. The summed E-state index contributed by atoms with van der Waals surface area (Å²) in [6, 6.07) is 0. The minimum Gasteiger partial charge on any atom is -0.481 e. The van der Waals surface area contributed by atoms with Crippen molar-refractivity contribution in [3.8, 4) is 0 Å². The summed E-state index contributed by atoms with van der Waals surface area (Å²) < 4.78 is 11.4. The SMILES string of the molecule is CCCCCCCCCCCCCCCCOC[C@H](CO)OCCCCCCCCC(=O)O. The van der Waals surface area contributed by atoms with Gasteiger partial charge in [0.1, 0.15) is 6.10 Å². The van der Waals surface area contributed by atoms with Crippen LogP contribution >= 0.6 is 0 Å². The van der Waals surface area contributed by atoms with Gasteiger partial charge < -0.3 is 19.7 Å². The van der Waals surface area contributed by atoms with Crippen LogP contribution in [0.1, 0.15) is 142 Å². The predicted octanol–water partition coefficient (Wildman–Crippen LogP) is 7.68. The van der Waals surface area contributed by atoms with Crippen molar-refractivity contribution < 1.29 is 24.5 Å². The number of hydrogen-bond acceptors (Lipinski definition) is 4. The number of carboxylic acids is 1. The number of carboxylic acid groups (broad SMARTS) is 1. The number of aliphatic carboxylic acids is 1. The standard InChI is InChI=1S/C28H56O5/c1-2-3-4-5-6-7-8-9-10-11-12-14-17-20-23-32-26-27(25-29)33-24-21-18-15-13-16-19-22-28(30)31/h27,29H,2-26H2,1H3,(H,30,31)/t27-/m0/s1. The first-order valence-corrected chi connectivity index (χ1v) is 14.2. The van der Waals surface area contributed by atoms with Gasteiger partial charge in [-0.25, -0.2) is 0 Å². The van der Waals surface area contributed by atoms with Gasteiger partial charge in [0.05, 0.1) is 13.2 Å². The lowest BCUT2D eigenvalue weighted by atomic mass is 10.0. The molecular formula is C28H56O5. The maximum atomic E-state index is 10.4. The third-order valence-electron chi connectivity index (χ3n) is 6.29. The van der Waals surface area contributed by atoms with Crippen molar-refractivity contribution in [1.82, 2.24) is 0 Å². The Hall–Kier alpha value is -0.650. The lowest BCUT2D eigenvalue weighted by Crippen LogP contribution is -2.24. The van der Waals surface area contributed by atoms with Crippen LogP contribution < -0.4 is 0 Å². The fraction of sp³-hybridized carbons (Fsp3) is 0.964. The molecule has 0 fully saturated rings. The van der Waals surface area contributed by atoms with E-state index in [1.165, 1.54) is 83.5 Å². The first-order chi connectivity index (χ1) is 16.2. The summed E-state index contributed by atoms with van der Waals surface area (Å²) in [4.78, 5) is 10.4. The van der Waals surface area contributed by atoms with Crippen molar-refractivity contribution in [2.75, 3.05) is 26.4 Å². The van der Waals surface area contributed by atoms with E-state index in [9.17, 15) is 9.90 Å². The molecule has 5 heteroatoms. The number of aliphatic hydroxyl groups is 1. The number of ether oxygens (including phenoxy) is 2. The first-order valence-electron chi connectivity index (χ1n) is 14.2. The molecule has 33 heavy (non-hydrogen) atoms.